The van der Waals surface area contributed by atoms with Crippen molar-refractivity contribution < 1.29 is 13.9 Å². The van der Waals surface area contributed by atoms with Gasteiger partial charge in [-0.2, -0.15) is 0 Å². The normalized spacial score (nSPS) is 11.5. The molecule has 4 aromatic rings. The molecule has 4 rings (SSSR count). The Balaban J connectivity index is 1.89. The van der Waals surface area contributed by atoms with Crippen LogP contribution in [0.2, 0.25) is 0 Å². The van der Waals surface area contributed by atoms with Crippen molar-refractivity contribution in [1.82, 2.24) is 9.97 Å². The average Bonchev–Trinajstić information content (AvgIpc) is 3.06. The molecule has 0 amide bonds. The maximum atomic E-state index is 13.8. The van der Waals surface area contributed by atoms with Gasteiger partial charge in [-0.15, -0.1) is 0 Å². The number of pyridine rings is 1. The second-order valence-electron chi connectivity index (χ2n) is 6.23. The van der Waals surface area contributed by atoms with Gasteiger partial charge in [0.2, 0.25) is 0 Å². The Bertz CT molecular complexity index is 1210. The highest BCUT2D eigenvalue weighted by molar-refractivity contribution is 6.20. The lowest BCUT2D eigenvalue weighted by atomic mass is 10.0. The van der Waals surface area contributed by atoms with Crippen LogP contribution < -0.4 is 4.74 Å². The summed E-state index contributed by atoms with van der Waals surface area (Å²) in [6, 6.07) is 11.9. The molecule has 0 atom stereocenters. The number of nitrogens with one attached hydrogen (secondary N) is 1. The molecule has 27 heavy (non-hydrogen) atoms. The molecule has 0 fully saturated rings. The number of halogens is 1. The van der Waals surface area contributed by atoms with Gasteiger partial charge in [0.25, 0.3) is 0 Å². The zero-order valence-corrected chi connectivity index (χ0v) is 14.9. The van der Waals surface area contributed by atoms with E-state index in [-0.39, 0.29) is 11.6 Å². The van der Waals surface area contributed by atoms with Gasteiger partial charge in [-0.25, -0.2) is 4.39 Å². The molecular weight excluding hydrogens is 343 g/mol. The smallest absolute Gasteiger partial charge is 0.191 e. The summed E-state index contributed by atoms with van der Waals surface area (Å²) in [6.45, 7) is 1.91. The molecule has 4 nitrogen and oxygen atoms in total. The first-order valence-corrected chi connectivity index (χ1v) is 8.51. The van der Waals surface area contributed by atoms with Crippen LogP contribution in [0.3, 0.4) is 0 Å². The molecule has 2 heterocycles. The van der Waals surface area contributed by atoms with Crippen LogP contribution in [0.15, 0.2) is 54.7 Å². The summed E-state index contributed by atoms with van der Waals surface area (Å²) < 4.78 is 19.2. The number of rotatable bonds is 4. The van der Waals surface area contributed by atoms with Crippen molar-refractivity contribution in [1.29, 1.82) is 0 Å². The molecule has 0 aliphatic rings. The van der Waals surface area contributed by atoms with Crippen LogP contribution in [0.1, 0.15) is 21.6 Å². The van der Waals surface area contributed by atoms with Gasteiger partial charge < -0.3 is 9.72 Å². The van der Waals surface area contributed by atoms with Crippen LogP contribution in [0.5, 0.6) is 5.75 Å². The molecule has 0 bridgehead atoms. The van der Waals surface area contributed by atoms with E-state index in [4.69, 9.17) is 4.74 Å². The first-order valence-electron chi connectivity index (χ1n) is 8.51. The molecule has 0 radical (unpaired) electrons. The number of benzene rings is 2. The number of aromatic nitrogens is 2. The largest absolute Gasteiger partial charge is 0.496 e. The first-order chi connectivity index (χ1) is 13.1. The lowest BCUT2D eigenvalue weighted by Crippen LogP contribution is -2.00. The number of ketones is 1. The monoisotopic (exact) mass is 360 g/mol. The van der Waals surface area contributed by atoms with E-state index in [9.17, 15) is 9.18 Å². The topological polar surface area (TPSA) is 55.0 Å². The van der Waals surface area contributed by atoms with Crippen molar-refractivity contribution in [2.75, 3.05) is 7.11 Å². The van der Waals surface area contributed by atoms with Crippen LogP contribution in [-0.2, 0) is 0 Å². The maximum absolute atomic E-state index is 13.8. The highest BCUT2D eigenvalue weighted by Crippen LogP contribution is 2.34. The second-order valence-corrected chi connectivity index (χ2v) is 6.23. The van der Waals surface area contributed by atoms with Crippen LogP contribution >= 0.6 is 0 Å². The molecule has 0 unspecified atom stereocenters. The third kappa shape index (κ3) is 2.87. The summed E-state index contributed by atoms with van der Waals surface area (Å²) in [5, 5.41) is 1.91. The summed E-state index contributed by atoms with van der Waals surface area (Å²) in [5.41, 5.74) is 3.19. The van der Waals surface area contributed by atoms with E-state index in [0.717, 1.165) is 22.0 Å². The van der Waals surface area contributed by atoms with E-state index in [2.05, 4.69) is 9.97 Å². The molecule has 0 spiro atoms. The van der Waals surface area contributed by atoms with E-state index in [1.54, 1.807) is 30.5 Å². The minimum absolute atomic E-state index is 0.266. The van der Waals surface area contributed by atoms with Crippen molar-refractivity contribution in [3.05, 3.63) is 77.4 Å². The highest BCUT2D eigenvalue weighted by atomic mass is 19.1. The Morgan fingerprint density at radius 1 is 1.11 bits per heavy atom. The average molecular weight is 360 g/mol. The number of hydrogen-bond acceptors (Lipinski definition) is 3. The Morgan fingerprint density at radius 3 is 2.67 bits per heavy atom. The molecule has 0 saturated carbocycles. The predicted molar refractivity (Wildman–Crippen MR) is 105 cm³/mol. The third-order valence-electron chi connectivity index (χ3n) is 4.63. The van der Waals surface area contributed by atoms with Gasteiger partial charge in [0.15, 0.2) is 5.78 Å². The van der Waals surface area contributed by atoms with E-state index in [1.807, 2.05) is 19.1 Å². The minimum Gasteiger partial charge on any atom is -0.496 e. The van der Waals surface area contributed by atoms with Gasteiger partial charge in [-0.05, 0) is 43.3 Å². The minimum atomic E-state index is -0.376. The van der Waals surface area contributed by atoms with Crippen molar-refractivity contribution in [2.45, 2.75) is 6.92 Å². The number of allylic oxidation sites excluding steroid dienone is 1. The second kappa shape index (κ2) is 6.68. The highest BCUT2D eigenvalue weighted by Gasteiger charge is 2.18. The summed E-state index contributed by atoms with van der Waals surface area (Å²) >= 11 is 0. The number of methoxy groups -OCH3 is 1. The number of carbonyl (C=O) groups excluding carboxylic acids is 1. The first kappa shape index (κ1) is 17.0. The Hall–Kier alpha value is -3.47. The summed E-state index contributed by atoms with van der Waals surface area (Å²) in [5.74, 6) is -0.181. The number of aryl methyl sites for hydroxylation is 1. The zero-order valence-electron chi connectivity index (χ0n) is 14.9. The van der Waals surface area contributed by atoms with E-state index in [1.165, 1.54) is 25.3 Å². The van der Waals surface area contributed by atoms with Crippen LogP contribution in [0.4, 0.5) is 4.39 Å². The van der Waals surface area contributed by atoms with E-state index in [0.29, 0.717) is 22.4 Å². The standard InChI is InChI=1S/C22H17FN2O2/c1-13-21-16(11-12-24-13)15-8-10-19(27-2)20(22(15)25-21)18(26)9-7-14-5-3-4-6-17(14)23/h3-12,25H,1-2H3/b9-7+. The lowest BCUT2D eigenvalue weighted by Gasteiger charge is -2.07. The molecule has 0 saturated heterocycles. The maximum Gasteiger partial charge on any atom is 0.191 e. The predicted octanol–water partition coefficient (Wildman–Crippen LogP) is 5.07. The molecule has 0 aliphatic heterocycles. The summed E-state index contributed by atoms with van der Waals surface area (Å²) in [6.07, 6.45) is 4.59. The van der Waals surface area contributed by atoms with Crippen molar-refractivity contribution >= 4 is 33.7 Å². The fraction of sp³-hybridized carbons (Fsp3) is 0.0909. The fourth-order valence-corrected chi connectivity index (χ4v) is 3.29. The van der Waals surface area contributed by atoms with Gasteiger partial charge in [0.1, 0.15) is 11.6 Å². The van der Waals surface area contributed by atoms with Gasteiger partial charge in [0, 0.05) is 22.5 Å². The molecule has 1 N–H and O–H groups in total. The number of nitrogens with zero attached hydrogens (tertiary/aromatic N) is 1. The van der Waals surface area contributed by atoms with Crippen LogP contribution in [0.25, 0.3) is 27.9 Å². The van der Waals surface area contributed by atoms with Gasteiger partial charge in [0.05, 0.1) is 29.4 Å². The van der Waals surface area contributed by atoms with Crippen molar-refractivity contribution in [3.63, 3.8) is 0 Å². The SMILES string of the molecule is COc1ccc2c([nH]c3c(C)nccc32)c1C(=O)/C=C/c1ccccc1F. The quantitative estimate of drug-likeness (QED) is 0.408. The molecule has 0 aliphatic carbocycles. The van der Waals surface area contributed by atoms with Crippen molar-refractivity contribution in [3.8, 4) is 5.75 Å². The van der Waals surface area contributed by atoms with Crippen LogP contribution in [-0.4, -0.2) is 22.9 Å². The number of fused-ring (bicyclic) bond motifs is 3. The third-order valence-corrected chi connectivity index (χ3v) is 4.63. The van der Waals surface area contributed by atoms with Crippen LogP contribution in [0, 0.1) is 12.7 Å². The molecular formula is C22H17FN2O2. The van der Waals surface area contributed by atoms with Gasteiger partial charge in [-0.1, -0.05) is 18.2 Å². The zero-order chi connectivity index (χ0) is 19.0. The molecule has 134 valence electrons. The Labute approximate surface area is 155 Å². The Morgan fingerprint density at radius 2 is 1.89 bits per heavy atom. The van der Waals surface area contributed by atoms with Gasteiger partial charge >= 0.3 is 0 Å². The van der Waals surface area contributed by atoms with E-state index >= 15 is 0 Å². The summed E-state index contributed by atoms with van der Waals surface area (Å²) in [4.78, 5) is 20.6. The molecule has 2 aromatic carbocycles. The molecule has 2 aromatic heterocycles. The Kier molecular flexibility index (Phi) is 4.20. The number of H-pyrrole nitrogens is 1. The number of aromatic amines is 1. The number of ether oxygens (including phenoxy) is 1. The lowest BCUT2D eigenvalue weighted by molar-refractivity contribution is 0.104. The summed E-state index contributed by atoms with van der Waals surface area (Å²) in [7, 11) is 1.52. The van der Waals surface area contributed by atoms with E-state index < -0.39 is 0 Å². The molecule has 5 heteroatoms. The number of hydrogen-bond donors (Lipinski definition) is 1. The van der Waals surface area contributed by atoms with Crippen molar-refractivity contribution in [2.24, 2.45) is 0 Å². The fourth-order valence-electron chi connectivity index (χ4n) is 3.29. The number of carbonyl (C=O) groups is 1. The van der Waals surface area contributed by atoms with Gasteiger partial charge in [-0.3, -0.25) is 9.78 Å².